The van der Waals surface area contributed by atoms with Crippen LogP contribution in [0.2, 0.25) is 10.0 Å². The minimum absolute atomic E-state index is 0.0705. The number of carbonyl (C=O) groups excluding carboxylic acids is 1. The van der Waals surface area contributed by atoms with E-state index in [1.807, 2.05) is 0 Å². The fourth-order valence-electron chi connectivity index (χ4n) is 2.64. The SMILES string of the molecule is COc1ccc(N(C(C)C(=O)Nc2cc(C(F)(F)F)ccc2Cl)S(C)(=O)=O)cc1Cl. The first kappa shape index (κ1) is 24.1. The maximum atomic E-state index is 12.9. The highest BCUT2D eigenvalue weighted by atomic mass is 35.5. The zero-order valence-electron chi connectivity index (χ0n) is 15.9. The number of rotatable bonds is 6. The Kier molecular flexibility index (Phi) is 7.16. The van der Waals surface area contributed by atoms with Crippen LogP contribution in [-0.4, -0.2) is 33.7 Å². The smallest absolute Gasteiger partial charge is 0.416 e. The van der Waals surface area contributed by atoms with E-state index in [9.17, 15) is 26.4 Å². The minimum Gasteiger partial charge on any atom is -0.495 e. The number of methoxy groups -OCH3 is 1. The van der Waals surface area contributed by atoms with Gasteiger partial charge in [-0.1, -0.05) is 23.2 Å². The van der Waals surface area contributed by atoms with Crippen molar-refractivity contribution in [3.8, 4) is 5.75 Å². The fraction of sp³-hybridized carbons (Fsp3) is 0.278. The molecule has 1 atom stereocenters. The Labute approximate surface area is 181 Å². The van der Waals surface area contributed by atoms with Crippen LogP contribution in [0.4, 0.5) is 24.5 Å². The zero-order chi connectivity index (χ0) is 22.9. The topological polar surface area (TPSA) is 75.7 Å². The molecule has 0 fully saturated rings. The molecule has 0 saturated heterocycles. The Morgan fingerprint density at radius 3 is 2.27 bits per heavy atom. The van der Waals surface area contributed by atoms with E-state index in [-0.39, 0.29) is 21.4 Å². The van der Waals surface area contributed by atoms with Crippen molar-refractivity contribution in [2.24, 2.45) is 0 Å². The van der Waals surface area contributed by atoms with Crippen LogP contribution in [0.1, 0.15) is 12.5 Å². The van der Waals surface area contributed by atoms with Crippen LogP contribution in [0, 0.1) is 0 Å². The Hall–Kier alpha value is -2.17. The summed E-state index contributed by atoms with van der Waals surface area (Å²) in [6, 6.07) is 5.18. The number of anilines is 2. The van der Waals surface area contributed by atoms with Gasteiger partial charge >= 0.3 is 6.18 Å². The lowest BCUT2D eigenvalue weighted by atomic mass is 10.2. The first-order valence-corrected chi connectivity index (χ1v) is 10.9. The summed E-state index contributed by atoms with van der Waals surface area (Å²) < 4.78 is 69.3. The number of ether oxygens (including phenoxy) is 1. The summed E-state index contributed by atoms with van der Waals surface area (Å²) in [7, 11) is -2.59. The van der Waals surface area contributed by atoms with Gasteiger partial charge < -0.3 is 10.1 Å². The number of nitrogens with one attached hydrogen (secondary N) is 1. The van der Waals surface area contributed by atoms with Gasteiger partial charge in [0.15, 0.2) is 0 Å². The molecular weight excluding hydrogens is 468 g/mol. The van der Waals surface area contributed by atoms with E-state index >= 15 is 0 Å². The average molecular weight is 485 g/mol. The molecule has 0 aliphatic heterocycles. The van der Waals surface area contributed by atoms with E-state index in [0.29, 0.717) is 11.8 Å². The van der Waals surface area contributed by atoms with Crippen molar-refractivity contribution in [1.82, 2.24) is 0 Å². The van der Waals surface area contributed by atoms with E-state index in [1.165, 1.54) is 32.2 Å². The number of amides is 1. The van der Waals surface area contributed by atoms with Crippen molar-refractivity contribution in [3.63, 3.8) is 0 Å². The maximum absolute atomic E-state index is 12.9. The Bertz CT molecular complexity index is 1060. The molecule has 0 saturated carbocycles. The van der Waals surface area contributed by atoms with Gasteiger partial charge in [-0.15, -0.1) is 0 Å². The molecule has 0 spiro atoms. The molecule has 0 radical (unpaired) electrons. The largest absolute Gasteiger partial charge is 0.495 e. The Morgan fingerprint density at radius 2 is 1.77 bits per heavy atom. The summed E-state index contributed by atoms with van der Waals surface area (Å²) >= 11 is 11.9. The van der Waals surface area contributed by atoms with Gasteiger partial charge in [0.05, 0.1) is 40.3 Å². The van der Waals surface area contributed by atoms with Crippen molar-refractivity contribution in [2.75, 3.05) is 23.0 Å². The van der Waals surface area contributed by atoms with Crippen LogP contribution in [0.5, 0.6) is 5.75 Å². The van der Waals surface area contributed by atoms with E-state index < -0.39 is 33.7 Å². The quantitative estimate of drug-likeness (QED) is 0.637. The average Bonchev–Trinajstić information content (AvgIpc) is 2.61. The molecule has 0 heterocycles. The van der Waals surface area contributed by atoms with Gasteiger partial charge in [-0.2, -0.15) is 13.2 Å². The van der Waals surface area contributed by atoms with Crippen LogP contribution >= 0.6 is 23.2 Å². The van der Waals surface area contributed by atoms with Crippen LogP contribution in [0.25, 0.3) is 0 Å². The summed E-state index contributed by atoms with van der Waals surface area (Å²) in [4.78, 5) is 12.7. The molecule has 1 unspecified atom stereocenters. The second kappa shape index (κ2) is 8.91. The number of carbonyl (C=O) groups is 1. The highest BCUT2D eigenvalue weighted by Crippen LogP contribution is 2.35. The van der Waals surface area contributed by atoms with Crippen LogP contribution in [0.15, 0.2) is 36.4 Å². The van der Waals surface area contributed by atoms with Gasteiger partial charge in [0.1, 0.15) is 11.8 Å². The molecule has 0 aliphatic carbocycles. The molecule has 0 aliphatic rings. The van der Waals surface area contributed by atoms with Gasteiger partial charge in [0.25, 0.3) is 0 Å². The lowest BCUT2D eigenvalue weighted by Crippen LogP contribution is -2.45. The van der Waals surface area contributed by atoms with Gasteiger partial charge in [-0.25, -0.2) is 8.42 Å². The van der Waals surface area contributed by atoms with Crippen LogP contribution in [0.3, 0.4) is 0 Å². The summed E-state index contributed by atoms with van der Waals surface area (Å²) in [6.45, 7) is 1.27. The summed E-state index contributed by atoms with van der Waals surface area (Å²) in [5.41, 5.74) is -1.25. The predicted octanol–water partition coefficient (Wildman–Crippen LogP) is 4.81. The molecule has 2 aromatic carbocycles. The number of hydrogen-bond donors (Lipinski definition) is 1. The van der Waals surface area contributed by atoms with Crippen molar-refractivity contribution < 1.29 is 31.1 Å². The van der Waals surface area contributed by atoms with E-state index in [4.69, 9.17) is 27.9 Å². The Balaban J connectivity index is 2.39. The van der Waals surface area contributed by atoms with Crippen molar-refractivity contribution in [1.29, 1.82) is 0 Å². The van der Waals surface area contributed by atoms with Gasteiger partial charge in [-0.3, -0.25) is 9.10 Å². The third kappa shape index (κ3) is 5.50. The van der Waals surface area contributed by atoms with E-state index in [1.54, 1.807) is 0 Å². The fourth-order valence-corrected chi connectivity index (χ4v) is 4.22. The third-order valence-corrected chi connectivity index (χ3v) is 5.90. The third-order valence-electron chi connectivity index (χ3n) is 4.03. The standard InChI is InChI=1S/C18H17Cl2F3N2O4S/c1-10(17(26)24-15-8-11(18(21,22)23)4-6-13(15)19)25(30(3,27)28)12-5-7-16(29-2)14(20)9-12/h4-10H,1-3H3,(H,24,26). The van der Waals surface area contributed by atoms with Crippen molar-refractivity contribution >= 4 is 50.5 Å². The molecule has 1 N–H and O–H groups in total. The Morgan fingerprint density at radius 1 is 1.13 bits per heavy atom. The van der Waals surface area contributed by atoms with E-state index in [0.717, 1.165) is 22.7 Å². The highest BCUT2D eigenvalue weighted by molar-refractivity contribution is 7.92. The zero-order valence-corrected chi connectivity index (χ0v) is 18.2. The number of hydrogen-bond acceptors (Lipinski definition) is 4. The second-order valence-corrected chi connectivity index (χ2v) is 8.91. The van der Waals surface area contributed by atoms with Gasteiger partial charge in [0.2, 0.25) is 15.9 Å². The number of alkyl halides is 3. The molecule has 1 amide bonds. The molecule has 6 nitrogen and oxygen atoms in total. The van der Waals surface area contributed by atoms with Crippen molar-refractivity contribution in [3.05, 3.63) is 52.0 Å². The summed E-state index contributed by atoms with van der Waals surface area (Å²) in [5.74, 6) is -0.602. The number of halogens is 5. The lowest BCUT2D eigenvalue weighted by Gasteiger charge is -2.28. The summed E-state index contributed by atoms with van der Waals surface area (Å²) in [6.07, 6.45) is -3.76. The van der Waals surface area contributed by atoms with E-state index in [2.05, 4.69) is 5.32 Å². The predicted molar refractivity (Wildman–Crippen MR) is 110 cm³/mol. The number of nitrogens with zero attached hydrogens (tertiary/aromatic N) is 1. The first-order chi connectivity index (χ1) is 13.8. The molecule has 0 bridgehead atoms. The molecule has 0 aromatic heterocycles. The molecule has 2 aromatic rings. The first-order valence-electron chi connectivity index (χ1n) is 8.26. The highest BCUT2D eigenvalue weighted by Gasteiger charge is 2.33. The molecular formula is C18H17Cl2F3N2O4S. The molecule has 164 valence electrons. The van der Waals surface area contributed by atoms with Gasteiger partial charge in [0, 0.05) is 0 Å². The lowest BCUT2D eigenvalue weighted by molar-refractivity contribution is -0.137. The van der Waals surface area contributed by atoms with Crippen LogP contribution in [-0.2, 0) is 21.0 Å². The van der Waals surface area contributed by atoms with Crippen LogP contribution < -0.4 is 14.4 Å². The number of benzene rings is 2. The minimum atomic E-state index is -4.64. The van der Waals surface area contributed by atoms with Crippen molar-refractivity contribution in [2.45, 2.75) is 19.1 Å². The monoisotopic (exact) mass is 484 g/mol. The second-order valence-electron chi connectivity index (χ2n) is 6.24. The van der Waals surface area contributed by atoms with Gasteiger partial charge in [-0.05, 0) is 43.3 Å². The molecule has 30 heavy (non-hydrogen) atoms. The normalized spacial score (nSPS) is 12.9. The summed E-state index contributed by atoms with van der Waals surface area (Å²) in [5, 5.41) is 2.22. The molecule has 2 rings (SSSR count). The molecule has 12 heteroatoms. The maximum Gasteiger partial charge on any atom is 0.416 e. The number of sulfonamides is 1.